The Morgan fingerprint density at radius 2 is 1.62 bits per heavy atom. The fourth-order valence-electron chi connectivity index (χ4n) is 5.08. The van der Waals surface area contributed by atoms with Crippen LogP contribution in [0.15, 0.2) is 48.3 Å². The molecule has 2 saturated carbocycles. The van der Waals surface area contributed by atoms with Crippen LogP contribution in [0.3, 0.4) is 0 Å². The molecule has 0 aromatic heterocycles. The molecule has 0 aliphatic heterocycles. The largest absolute Gasteiger partial charge is 0.573 e. The quantitative estimate of drug-likeness (QED) is 0.204. The van der Waals surface area contributed by atoms with Crippen molar-refractivity contribution in [1.82, 2.24) is 0 Å². The molecule has 7 heteroatoms. The van der Waals surface area contributed by atoms with Gasteiger partial charge >= 0.3 is 6.36 Å². The van der Waals surface area contributed by atoms with Gasteiger partial charge in [-0.2, -0.15) is 9.65 Å². The molecule has 3 nitrogen and oxygen atoms in total. The number of ether oxygens (including phenoxy) is 2. The highest BCUT2D eigenvalue weighted by atomic mass is 19.4. The monoisotopic (exact) mass is 479 g/mol. The molecule has 0 radical (unpaired) electrons. The Balaban J connectivity index is 1.29. The molecule has 0 N–H and O–H groups in total. The van der Waals surface area contributed by atoms with Crippen molar-refractivity contribution in [2.24, 2.45) is 11.8 Å². The molecule has 0 bridgehead atoms. The van der Waals surface area contributed by atoms with Crippen molar-refractivity contribution in [1.29, 1.82) is 5.26 Å². The number of nitrogens with zero attached hydrogens (tertiary/aromatic N) is 1. The Hall–Kier alpha value is -2.33. The fourth-order valence-corrected chi connectivity index (χ4v) is 5.08. The van der Waals surface area contributed by atoms with Gasteiger partial charge in [0, 0.05) is 6.61 Å². The number of hydrogen-bond acceptors (Lipinski definition) is 3. The van der Waals surface area contributed by atoms with E-state index in [9.17, 15) is 17.6 Å². The van der Waals surface area contributed by atoms with E-state index in [1.54, 1.807) is 18.2 Å². The van der Waals surface area contributed by atoms with Crippen LogP contribution in [-0.4, -0.2) is 19.1 Å². The van der Waals surface area contributed by atoms with Crippen LogP contribution in [0.25, 0.3) is 0 Å². The first-order valence-electron chi connectivity index (χ1n) is 12.2. The SMILES string of the molecule is N#C/C(F)=C/C=C/CCC1CCC(OCC2CCC(c3ccc(OC(F)(F)F)cc3)CC2)CC1. The molecule has 2 fully saturated rings. The van der Waals surface area contributed by atoms with Crippen molar-refractivity contribution < 1.29 is 27.0 Å². The third kappa shape index (κ3) is 9.13. The summed E-state index contributed by atoms with van der Waals surface area (Å²) in [7, 11) is 0. The zero-order valence-electron chi connectivity index (χ0n) is 19.4. The van der Waals surface area contributed by atoms with E-state index in [4.69, 9.17) is 10.00 Å². The summed E-state index contributed by atoms with van der Waals surface area (Å²) in [6, 6.07) is 7.75. The fraction of sp³-hybridized carbons (Fsp3) is 0.593. The number of benzene rings is 1. The van der Waals surface area contributed by atoms with E-state index in [0.717, 1.165) is 76.4 Å². The maximum Gasteiger partial charge on any atom is 0.573 e. The lowest BCUT2D eigenvalue weighted by Gasteiger charge is -2.32. The normalized spacial score (nSPS) is 26.4. The lowest BCUT2D eigenvalue weighted by atomic mass is 9.79. The number of allylic oxidation sites excluding steroid dienone is 4. The van der Waals surface area contributed by atoms with Crippen LogP contribution in [0.1, 0.15) is 75.7 Å². The molecule has 0 spiro atoms. The van der Waals surface area contributed by atoms with E-state index >= 15 is 0 Å². The summed E-state index contributed by atoms with van der Waals surface area (Å²) in [4.78, 5) is 0. The molecule has 186 valence electrons. The maximum atomic E-state index is 12.7. The Morgan fingerprint density at radius 1 is 0.971 bits per heavy atom. The van der Waals surface area contributed by atoms with E-state index in [0.29, 0.717) is 23.9 Å². The van der Waals surface area contributed by atoms with E-state index in [1.165, 1.54) is 24.3 Å². The predicted octanol–water partition coefficient (Wildman–Crippen LogP) is 8.15. The summed E-state index contributed by atoms with van der Waals surface area (Å²) in [6.45, 7) is 0.792. The first-order valence-corrected chi connectivity index (χ1v) is 12.2. The highest BCUT2D eigenvalue weighted by Gasteiger charge is 2.31. The van der Waals surface area contributed by atoms with E-state index in [1.807, 2.05) is 6.08 Å². The third-order valence-corrected chi connectivity index (χ3v) is 7.02. The van der Waals surface area contributed by atoms with Gasteiger partial charge in [-0.3, -0.25) is 0 Å². The van der Waals surface area contributed by atoms with E-state index in [-0.39, 0.29) is 5.75 Å². The van der Waals surface area contributed by atoms with Gasteiger partial charge in [0.15, 0.2) is 5.83 Å². The molecule has 0 heterocycles. The van der Waals surface area contributed by atoms with Crippen LogP contribution in [0.2, 0.25) is 0 Å². The first-order chi connectivity index (χ1) is 16.3. The van der Waals surface area contributed by atoms with Gasteiger partial charge < -0.3 is 9.47 Å². The molecule has 1 aromatic rings. The molecular formula is C27H33F4NO2. The number of halogens is 4. The van der Waals surface area contributed by atoms with Crippen LogP contribution >= 0.6 is 0 Å². The Labute approximate surface area is 199 Å². The van der Waals surface area contributed by atoms with Crippen molar-refractivity contribution in [3.63, 3.8) is 0 Å². The van der Waals surface area contributed by atoms with Crippen LogP contribution < -0.4 is 4.74 Å². The van der Waals surface area contributed by atoms with Crippen molar-refractivity contribution in [3.8, 4) is 11.8 Å². The summed E-state index contributed by atoms with van der Waals surface area (Å²) in [5.41, 5.74) is 1.08. The highest BCUT2D eigenvalue weighted by Crippen LogP contribution is 2.37. The number of alkyl halides is 3. The van der Waals surface area contributed by atoms with Gasteiger partial charge in [-0.05, 0) is 106 Å². The number of nitriles is 1. The predicted molar refractivity (Wildman–Crippen MR) is 123 cm³/mol. The standard InChI is InChI=1S/C27H33F4NO2/c28-24(18-32)5-3-1-2-4-20-8-14-25(15-9-20)33-19-21-6-10-22(11-7-21)23-12-16-26(17-13-23)34-27(29,30)31/h1,3,5,12-13,16-17,20-22,25H,2,4,6-11,14-15,19H2/b3-1+,24-5-. The Bertz CT molecular complexity index is 841. The van der Waals surface area contributed by atoms with Gasteiger partial charge in [-0.25, -0.2) is 0 Å². The van der Waals surface area contributed by atoms with Gasteiger partial charge in [0.05, 0.1) is 6.10 Å². The summed E-state index contributed by atoms with van der Waals surface area (Å²) < 4.78 is 59.9. The van der Waals surface area contributed by atoms with Crippen LogP contribution in [-0.2, 0) is 4.74 Å². The van der Waals surface area contributed by atoms with Gasteiger partial charge in [0.1, 0.15) is 11.8 Å². The molecule has 34 heavy (non-hydrogen) atoms. The molecule has 2 aliphatic carbocycles. The molecule has 0 unspecified atom stereocenters. The molecule has 2 aliphatic rings. The molecule has 0 atom stereocenters. The number of rotatable bonds is 9. The number of hydrogen-bond donors (Lipinski definition) is 0. The molecular weight excluding hydrogens is 446 g/mol. The summed E-state index contributed by atoms with van der Waals surface area (Å²) in [5, 5.41) is 8.37. The first kappa shape index (κ1) is 26.3. The summed E-state index contributed by atoms with van der Waals surface area (Å²) in [6.07, 6.45) is 11.1. The second-order valence-electron chi connectivity index (χ2n) is 9.44. The lowest BCUT2D eigenvalue weighted by Crippen LogP contribution is -2.25. The van der Waals surface area contributed by atoms with E-state index in [2.05, 4.69) is 4.74 Å². The average Bonchev–Trinajstić information content (AvgIpc) is 2.83. The van der Waals surface area contributed by atoms with Crippen molar-refractivity contribution in [3.05, 3.63) is 53.9 Å². The van der Waals surface area contributed by atoms with Gasteiger partial charge in [0.25, 0.3) is 0 Å². The minimum absolute atomic E-state index is 0.173. The maximum absolute atomic E-state index is 12.7. The zero-order chi connectivity index (χ0) is 24.4. The molecule has 1 aromatic carbocycles. The smallest absolute Gasteiger partial charge is 0.406 e. The summed E-state index contributed by atoms with van der Waals surface area (Å²) in [5.74, 6) is 0.669. The van der Waals surface area contributed by atoms with Gasteiger partial charge in [-0.15, -0.1) is 13.2 Å². The minimum atomic E-state index is -4.66. The molecule has 0 amide bonds. The minimum Gasteiger partial charge on any atom is -0.406 e. The van der Waals surface area contributed by atoms with Crippen molar-refractivity contribution in [2.45, 2.75) is 82.6 Å². The third-order valence-electron chi connectivity index (χ3n) is 7.02. The topological polar surface area (TPSA) is 42.2 Å². The van der Waals surface area contributed by atoms with E-state index < -0.39 is 12.2 Å². The van der Waals surface area contributed by atoms with Crippen LogP contribution in [0, 0.1) is 23.2 Å². The lowest BCUT2D eigenvalue weighted by molar-refractivity contribution is -0.274. The second-order valence-corrected chi connectivity index (χ2v) is 9.44. The van der Waals surface area contributed by atoms with Crippen LogP contribution in [0.5, 0.6) is 5.75 Å². The highest BCUT2D eigenvalue weighted by molar-refractivity contribution is 5.29. The average molecular weight is 480 g/mol. The van der Waals surface area contributed by atoms with Crippen molar-refractivity contribution in [2.75, 3.05) is 6.61 Å². The van der Waals surface area contributed by atoms with Gasteiger partial charge in [0.2, 0.25) is 0 Å². The summed E-state index contributed by atoms with van der Waals surface area (Å²) >= 11 is 0. The Kier molecular flexibility index (Phi) is 10.0. The second kappa shape index (κ2) is 12.9. The van der Waals surface area contributed by atoms with Crippen molar-refractivity contribution >= 4 is 0 Å². The zero-order valence-corrected chi connectivity index (χ0v) is 19.4. The Morgan fingerprint density at radius 3 is 2.24 bits per heavy atom. The molecule has 0 saturated heterocycles. The van der Waals surface area contributed by atoms with Gasteiger partial charge in [-0.1, -0.05) is 24.3 Å². The van der Waals surface area contributed by atoms with Crippen LogP contribution in [0.4, 0.5) is 17.6 Å². The molecule has 3 rings (SSSR count).